The number of halogens is 1. The van der Waals surface area contributed by atoms with Crippen LogP contribution in [-0.2, 0) is 13.1 Å². The van der Waals surface area contributed by atoms with Crippen LogP contribution in [0.1, 0.15) is 31.3 Å². The average Bonchev–Trinajstić information content (AvgIpc) is 2.84. The highest BCUT2D eigenvalue weighted by molar-refractivity contribution is 6.31. The third kappa shape index (κ3) is 2.92. The molecule has 1 N–H and O–H groups in total. The van der Waals surface area contributed by atoms with Gasteiger partial charge in [-0.1, -0.05) is 29.8 Å². The Hall–Kier alpha value is -1.32. The first kappa shape index (κ1) is 13.1. The van der Waals surface area contributed by atoms with E-state index in [1.54, 1.807) is 0 Å². The second-order valence-electron chi connectivity index (χ2n) is 4.25. The summed E-state index contributed by atoms with van der Waals surface area (Å²) < 4.78 is 2.13. The van der Waals surface area contributed by atoms with Gasteiger partial charge >= 0.3 is 0 Å². The van der Waals surface area contributed by atoms with E-state index in [1.807, 2.05) is 36.7 Å². The summed E-state index contributed by atoms with van der Waals surface area (Å²) in [6.07, 6.45) is 3.83. The van der Waals surface area contributed by atoms with E-state index in [9.17, 15) is 0 Å². The largest absolute Gasteiger partial charge is 0.334 e. The number of aryl methyl sites for hydroxylation is 1. The highest BCUT2D eigenvalue weighted by atomic mass is 35.5. The summed E-state index contributed by atoms with van der Waals surface area (Å²) in [5, 5.41) is 4.25. The molecule has 0 radical (unpaired) electrons. The minimum Gasteiger partial charge on any atom is -0.334 e. The molecule has 2 aromatic rings. The molecule has 1 aromatic heterocycles. The van der Waals surface area contributed by atoms with Gasteiger partial charge in [-0.05, 0) is 25.5 Å². The van der Waals surface area contributed by atoms with Crippen LogP contribution in [0.4, 0.5) is 0 Å². The van der Waals surface area contributed by atoms with Gasteiger partial charge in [0.25, 0.3) is 0 Å². The van der Waals surface area contributed by atoms with Crippen molar-refractivity contribution in [3.63, 3.8) is 0 Å². The monoisotopic (exact) mass is 263 g/mol. The van der Waals surface area contributed by atoms with Gasteiger partial charge in [-0.25, -0.2) is 4.98 Å². The summed E-state index contributed by atoms with van der Waals surface area (Å²) in [5.74, 6) is 1.05. The third-order valence-electron chi connectivity index (χ3n) is 3.08. The van der Waals surface area contributed by atoms with Gasteiger partial charge in [-0.15, -0.1) is 0 Å². The Morgan fingerprint density at radius 2 is 2.17 bits per heavy atom. The number of hydrogen-bond donors (Lipinski definition) is 1. The molecule has 1 heterocycles. The fourth-order valence-corrected chi connectivity index (χ4v) is 2.28. The zero-order valence-electron chi connectivity index (χ0n) is 10.7. The normalized spacial score (nSPS) is 12.6. The molecule has 1 aromatic carbocycles. The second kappa shape index (κ2) is 6.03. The predicted molar refractivity (Wildman–Crippen MR) is 74.6 cm³/mol. The Kier molecular flexibility index (Phi) is 4.39. The topological polar surface area (TPSA) is 29.9 Å². The number of imidazole rings is 1. The minimum absolute atomic E-state index is 0.209. The van der Waals surface area contributed by atoms with E-state index in [-0.39, 0.29) is 6.04 Å². The van der Waals surface area contributed by atoms with Crippen molar-refractivity contribution in [3.8, 4) is 0 Å². The van der Waals surface area contributed by atoms with E-state index < -0.39 is 0 Å². The molecule has 0 aliphatic carbocycles. The lowest BCUT2D eigenvalue weighted by Crippen LogP contribution is -2.20. The molecule has 3 nitrogen and oxygen atoms in total. The summed E-state index contributed by atoms with van der Waals surface area (Å²) in [6, 6.07) is 8.13. The fourth-order valence-electron chi connectivity index (χ4n) is 1.98. The third-order valence-corrected chi connectivity index (χ3v) is 3.42. The van der Waals surface area contributed by atoms with Crippen molar-refractivity contribution in [2.45, 2.75) is 33.0 Å². The first-order valence-electron chi connectivity index (χ1n) is 6.20. The van der Waals surface area contributed by atoms with Crippen molar-refractivity contribution >= 4 is 11.6 Å². The van der Waals surface area contributed by atoms with Gasteiger partial charge in [0.05, 0.1) is 6.54 Å². The van der Waals surface area contributed by atoms with Crippen molar-refractivity contribution in [2.24, 2.45) is 0 Å². The van der Waals surface area contributed by atoms with Crippen LogP contribution in [0.25, 0.3) is 0 Å². The quantitative estimate of drug-likeness (QED) is 0.896. The molecule has 0 aliphatic rings. The molecule has 96 valence electrons. The molecule has 2 rings (SSSR count). The summed E-state index contributed by atoms with van der Waals surface area (Å²) in [6.45, 7) is 5.91. The van der Waals surface area contributed by atoms with Crippen LogP contribution < -0.4 is 5.32 Å². The van der Waals surface area contributed by atoms with Gasteiger partial charge in [0.1, 0.15) is 5.82 Å². The molecule has 0 amide bonds. The highest BCUT2D eigenvalue weighted by Gasteiger charge is 2.09. The van der Waals surface area contributed by atoms with E-state index >= 15 is 0 Å². The Morgan fingerprint density at radius 1 is 1.39 bits per heavy atom. The maximum absolute atomic E-state index is 6.18. The molecule has 0 spiro atoms. The highest BCUT2D eigenvalue weighted by Crippen LogP contribution is 2.22. The van der Waals surface area contributed by atoms with E-state index in [4.69, 9.17) is 11.6 Å². The van der Waals surface area contributed by atoms with Crippen LogP contribution in [0, 0.1) is 0 Å². The van der Waals surface area contributed by atoms with Crippen molar-refractivity contribution in [1.82, 2.24) is 14.9 Å². The van der Waals surface area contributed by atoms with E-state index in [0.29, 0.717) is 0 Å². The summed E-state index contributed by atoms with van der Waals surface area (Å²) >= 11 is 6.18. The van der Waals surface area contributed by atoms with E-state index in [2.05, 4.69) is 28.7 Å². The van der Waals surface area contributed by atoms with Gasteiger partial charge in [0.15, 0.2) is 0 Å². The Labute approximate surface area is 113 Å². The number of nitrogens with zero attached hydrogens (tertiary/aromatic N) is 2. The Bertz CT molecular complexity index is 507. The summed E-state index contributed by atoms with van der Waals surface area (Å²) in [4.78, 5) is 4.34. The van der Waals surface area contributed by atoms with Gasteiger partial charge in [-0.3, -0.25) is 0 Å². The predicted octanol–water partition coefficient (Wildman–Crippen LogP) is 3.41. The standard InChI is InChI=1S/C14H18ClN3/c1-3-18-9-8-16-14(18)10-17-11(2)12-6-4-5-7-13(12)15/h4-9,11,17H,3,10H2,1-2H3/t11-/m0/s1. The van der Waals surface area contributed by atoms with Crippen molar-refractivity contribution < 1.29 is 0 Å². The SMILES string of the molecule is CCn1ccnc1CN[C@@H](C)c1ccccc1Cl. The van der Waals surface area contributed by atoms with Gasteiger partial charge in [0.2, 0.25) is 0 Å². The zero-order chi connectivity index (χ0) is 13.0. The van der Waals surface area contributed by atoms with Crippen LogP contribution in [0.5, 0.6) is 0 Å². The summed E-state index contributed by atoms with van der Waals surface area (Å²) in [5.41, 5.74) is 1.12. The second-order valence-corrected chi connectivity index (χ2v) is 4.66. The number of nitrogens with one attached hydrogen (secondary N) is 1. The van der Waals surface area contributed by atoms with Gasteiger partial charge in [-0.2, -0.15) is 0 Å². The van der Waals surface area contributed by atoms with Crippen LogP contribution in [0.3, 0.4) is 0 Å². The number of aromatic nitrogens is 2. The molecule has 0 unspecified atom stereocenters. The molecule has 0 fully saturated rings. The molecule has 1 atom stereocenters. The first-order chi connectivity index (χ1) is 8.72. The molecular weight excluding hydrogens is 246 g/mol. The molecule has 0 aliphatic heterocycles. The molecular formula is C14H18ClN3. The maximum atomic E-state index is 6.18. The Morgan fingerprint density at radius 3 is 2.89 bits per heavy atom. The molecule has 0 saturated heterocycles. The van der Waals surface area contributed by atoms with E-state index in [0.717, 1.165) is 29.5 Å². The molecule has 18 heavy (non-hydrogen) atoms. The lowest BCUT2D eigenvalue weighted by molar-refractivity contribution is 0.540. The van der Waals surface area contributed by atoms with Crippen LogP contribution in [0.15, 0.2) is 36.7 Å². The average molecular weight is 264 g/mol. The molecule has 4 heteroatoms. The number of benzene rings is 1. The minimum atomic E-state index is 0.209. The number of rotatable bonds is 5. The first-order valence-corrected chi connectivity index (χ1v) is 6.58. The van der Waals surface area contributed by atoms with E-state index in [1.165, 1.54) is 0 Å². The smallest absolute Gasteiger partial charge is 0.122 e. The lowest BCUT2D eigenvalue weighted by Gasteiger charge is -2.15. The van der Waals surface area contributed by atoms with Crippen LogP contribution >= 0.6 is 11.6 Å². The van der Waals surface area contributed by atoms with Crippen LogP contribution in [0.2, 0.25) is 5.02 Å². The Balaban J connectivity index is 2.01. The van der Waals surface area contributed by atoms with Gasteiger partial charge in [0, 0.05) is 30.0 Å². The van der Waals surface area contributed by atoms with Crippen molar-refractivity contribution in [2.75, 3.05) is 0 Å². The molecule has 0 bridgehead atoms. The molecule has 0 saturated carbocycles. The van der Waals surface area contributed by atoms with Crippen LogP contribution in [-0.4, -0.2) is 9.55 Å². The maximum Gasteiger partial charge on any atom is 0.122 e. The lowest BCUT2D eigenvalue weighted by atomic mass is 10.1. The van der Waals surface area contributed by atoms with Crippen molar-refractivity contribution in [3.05, 3.63) is 53.1 Å². The summed E-state index contributed by atoms with van der Waals surface area (Å²) in [7, 11) is 0. The fraction of sp³-hybridized carbons (Fsp3) is 0.357. The number of hydrogen-bond acceptors (Lipinski definition) is 2. The van der Waals surface area contributed by atoms with Gasteiger partial charge < -0.3 is 9.88 Å². The van der Waals surface area contributed by atoms with Crippen molar-refractivity contribution in [1.29, 1.82) is 0 Å². The zero-order valence-corrected chi connectivity index (χ0v) is 11.5.